The summed E-state index contributed by atoms with van der Waals surface area (Å²) in [5, 5.41) is 3.09. The van der Waals surface area contributed by atoms with E-state index >= 15 is 0 Å². The lowest BCUT2D eigenvalue weighted by molar-refractivity contribution is 0.102. The van der Waals surface area contributed by atoms with E-state index in [2.05, 4.69) is 10.3 Å². The Morgan fingerprint density at radius 3 is 2.78 bits per heavy atom. The minimum atomic E-state index is -0.382. The number of benzene rings is 1. The normalized spacial score (nSPS) is 10.2. The van der Waals surface area contributed by atoms with Crippen molar-refractivity contribution in [1.82, 2.24) is 4.98 Å². The Morgan fingerprint density at radius 1 is 1.33 bits per heavy atom. The van der Waals surface area contributed by atoms with Crippen molar-refractivity contribution in [2.75, 3.05) is 5.32 Å². The molecule has 0 aliphatic carbocycles. The number of aromatic nitrogens is 1. The lowest BCUT2D eigenvalue weighted by Gasteiger charge is -2.07. The molecule has 0 spiro atoms. The number of hydrogen-bond donors (Lipinski definition) is 1. The SMILES string of the molecule is Cc1cc(F)ccc1NC(=O)c1cc(Cl)ccn1. The highest BCUT2D eigenvalue weighted by Crippen LogP contribution is 2.17. The highest BCUT2D eigenvalue weighted by molar-refractivity contribution is 6.30. The number of aryl methyl sites for hydroxylation is 1. The van der Waals surface area contributed by atoms with Gasteiger partial charge in [-0.05, 0) is 42.8 Å². The van der Waals surface area contributed by atoms with E-state index in [1.807, 2.05) is 0 Å². The van der Waals surface area contributed by atoms with Crippen molar-refractivity contribution in [1.29, 1.82) is 0 Å². The van der Waals surface area contributed by atoms with Crippen LogP contribution in [-0.4, -0.2) is 10.9 Å². The monoisotopic (exact) mass is 264 g/mol. The van der Waals surface area contributed by atoms with E-state index in [0.29, 0.717) is 16.3 Å². The van der Waals surface area contributed by atoms with Crippen LogP contribution in [0.15, 0.2) is 36.5 Å². The lowest BCUT2D eigenvalue weighted by atomic mass is 10.2. The Morgan fingerprint density at radius 2 is 2.11 bits per heavy atom. The first-order valence-electron chi connectivity index (χ1n) is 5.25. The molecule has 5 heteroatoms. The smallest absolute Gasteiger partial charge is 0.274 e. The van der Waals surface area contributed by atoms with Gasteiger partial charge in [0.1, 0.15) is 11.5 Å². The van der Waals surface area contributed by atoms with Gasteiger partial charge < -0.3 is 5.32 Å². The maximum absolute atomic E-state index is 12.9. The number of halogens is 2. The van der Waals surface area contributed by atoms with Gasteiger partial charge in [-0.1, -0.05) is 11.6 Å². The summed E-state index contributed by atoms with van der Waals surface area (Å²) >= 11 is 5.77. The van der Waals surface area contributed by atoms with Crippen molar-refractivity contribution in [3.05, 3.63) is 58.6 Å². The molecule has 0 saturated carbocycles. The first-order valence-corrected chi connectivity index (χ1v) is 5.63. The van der Waals surface area contributed by atoms with Crippen LogP contribution in [0.3, 0.4) is 0 Å². The van der Waals surface area contributed by atoms with E-state index in [0.717, 1.165) is 0 Å². The zero-order valence-corrected chi connectivity index (χ0v) is 10.3. The molecule has 2 rings (SSSR count). The van der Waals surface area contributed by atoms with Gasteiger partial charge in [0.2, 0.25) is 0 Å². The third-order valence-electron chi connectivity index (χ3n) is 2.39. The maximum Gasteiger partial charge on any atom is 0.274 e. The number of anilines is 1. The van der Waals surface area contributed by atoms with Gasteiger partial charge in [-0.2, -0.15) is 0 Å². The maximum atomic E-state index is 12.9. The average molecular weight is 265 g/mol. The average Bonchev–Trinajstić information content (AvgIpc) is 2.32. The Labute approximate surface area is 109 Å². The highest BCUT2D eigenvalue weighted by atomic mass is 35.5. The Bertz CT molecular complexity index is 601. The lowest BCUT2D eigenvalue weighted by Crippen LogP contribution is -2.14. The van der Waals surface area contributed by atoms with Gasteiger partial charge >= 0.3 is 0 Å². The second-order valence-corrected chi connectivity index (χ2v) is 4.21. The molecule has 3 nitrogen and oxygen atoms in total. The summed E-state index contributed by atoms with van der Waals surface area (Å²) in [7, 11) is 0. The fraction of sp³-hybridized carbons (Fsp3) is 0.0769. The van der Waals surface area contributed by atoms with Crippen LogP contribution in [0.1, 0.15) is 16.1 Å². The Kier molecular flexibility index (Phi) is 3.58. The fourth-order valence-corrected chi connectivity index (χ4v) is 1.64. The van der Waals surface area contributed by atoms with Crippen molar-refractivity contribution in [2.24, 2.45) is 0 Å². The summed E-state index contributed by atoms with van der Waals surface area (Å²) in [5.41, 5.74) is 1.40. The van der Waals surface area contributed by atoms with Gasteiger partial charge in [-0.15, -0.1) is 0 Å². The minimum Gasteiger partial charge on any atom is -0.320 e. The number of amides is 1. The Balaban J connectivity index is 2.21. The van der Waals surface area contributed by atoms with Crippen LogP contribution >= 0.6 is 11.6 Å². The second kappa shape index (κ2) is 5.14. The van der Waals surface area contributed by atoms with Gasteiger partial charge in [-0.3, -0.25) is 9.78 Å². The number of hydrogen-bond acceptors (Lipinski definition) is 2. The summed E-state index contributed by atoms with van der Waals surface area (Å²) in [5.74, 6) is -0.724. The van der Waals surface area contributed by atoms with Gasteiger partial charge in [0.05, 0.1) is 0 Å². The fourth-order valence-electron chi connectivity index (χ4n) is 1.48. The van der Waals surface area contributed by atoms with E-state index in [-0.39, 0.29) is 17.4 Å². The molecule has 0 aliphatic heterocycles. The number of nitrogens with zero attached hydrogens (tertiary/aromatic N) is 1. The molecule has 1 aromatic heterocycles. The van der Waals surface area contributed by atoms with E-state index in [1.165, 1.54) is 30.5 Å². The highest BCUT2D eigenvalue weighted by Gasteiger charge is 2.09. The zero-order chi connectivity index (χ0) is 13.1. The number of carbonyl (C=O) groups excluding carboxylic acids is 1. The van der Waals surface area contributed by atoms with Crippen molar-refractivity contribution in [2.45, 2.75) is 6.92 Å². The topological polar surface area (TPSA) is 42.0 Å². The van der Waals surface area contributed by atoms with Crippen molar-refractivity contribution in [3.8, 4) is 0 Å². The predicted octanol–water partition coefficient (Wildman–Crippen LogP) is 3.43. The third-order valence-corrected chi connectivity index (χ3v) is 2.63. The van der Waals surface area contributed by atoms with Gasteiger partial charge in [0.15, 0.2) is 0 Å². The van der Waals surface area contributed by atoms with Crippen LogP contribution in [0.25, 0.3) is 0 Å². The predicted molar refractivity (Wildman–Crippen MR) is 68.3 cm³/mol. The molecular weight excluding hydrogens is 255 g/mol. The molecule has 1 aromatic carbocycles. The molecule has 0 atom stereocenters. The standard InChI is InChI=1S/C13H10ClFN2O/c1-8-6-10(15)2-3-11(8)17-13(18)12-7-9(14)4-5-16-12/h2-7H,1H3,(H,17,18). The molecule has 0 unspecified atom stereocenters. The van der Waals surface area contributed by atoms with Crippen LogP contribution in [-0.2, 0) is 0 Å². The van der Waals surface area contributed by atoms with Gasteiger partial charge in [0, 0.05) is 16.9 Å². The largest absolute Gasteiger partial charge is 0.320 e. The number of nitrogens with one attached hydrogen (secondary N) is 1. The summed E-state index contributed by atoms with van der Waals surface area (Å²) in [6.45, 7) is 1.71. The number of carbonyl (C=O) groups is 1. The van der Waals surface area contributed by atoms with Crippen LogP contribution in [0.2, 0.25) is 5.02 Å². The summed E-state index contributed by atoms with van der Waals surface area (Å²) in [6, 6.07) is 7.19. The molecule has 0 saturated heterocycles. The zero-order valence-electron chi connectivity index (χ0n) is 9.58. The molecule has 18 heavy (non-hydrogen) atoms. The summed E-state index contributed by atoms with van der Waals surface area (Å²) < 4.78 is 12.9. The first kappa shape index (κ1) is 12.5. The minimum absolute atomic E-state index is 0.214. The van der Waals surface area contributed by atoms with Crippen molar-refractivity contribution < 1.29 is 9.18 Å². The number of rotatable bonds is 2. The molecule has 0 bridgehead atoms. The molecule has 0 radical (unpaired) electrons. The Hall–Kier alpha value is -1.94. The summed E-state index contributed by atoms with van der Waals surface area (Å²) in [6.07, 6.45) is 1.45. The van der Waals surface area contributed by atoms with E-state index < -0.39 is 0 Å². The molecule has 92 valence electrons. The molecular formula is C13H10ClFN2O. The van der Waals surface area contributed by atoms with Crippen molar-refractivity contribution >= 4 is 23.2 Å². The molecule has 0 fully saturated rings. The van der Waals surface area contributed by atoms with E-state index in [4.69, 9.17) is 11.6 Å². The van der Waals surface area contributed by atoms with Crippen LogP contribution in [0, 0.1) is 12.7 Å². The molecule has 2 aromatic rings. The van der Waals surface area contributed by atoms with E-state index in [9.17, 15) is 9.18 Å². The quantitative estimate of drug-likeness (QED) is 0.903. The number of pyridine rings is 1. The van der Waals surface area contributed by atoms with Crippen LogP contribution in [0.4, 0.5) is 10.1 Å². The van der Waals surface area contributed by atoms with Gasteiger partial charge in [0.25, 0.3) is 5.91 Å². The molecule has 1 amide bonds. The third kappa shape index (κ3) is 2.84. The summed E-state index contributed by atoms with van der Waals surface area (Å²) in [4.78, 5) is 15.8. The van der Waals surface area contributed by atoms with Gasteiger partial charge in [-0.25, -0.2) is 4.39 Å². The van der Waals surface area contributed by atoms with E-state index in [1.54, 1.807) is 13.0 Å². The molecule has 1 heterocycles. The molecule has 0 aliphatic rings. The molecule has 1 N–H and O–H groups in total. The first-order chi connectivity index (χ1) is 8.56. The second-order valence-electron chi connectivity index (χ2n) is 3.77. The van der Waals surface area contributed by atoms with Crippen LogP contribution < -0.4 is 5.32 Å². The van der Waals surface area contributed by atoms with Crippen molar-refractivity contribution in [3.63, 3.8) is 0 Å². The van der Waals surface area contributed by atoms with Crippen LogP contribution in [0.5, 0.6) is 0 Å².